The molecule has 0 spiro atoms. The number of carbonyl (C=O) groups is 2. The van der Waals surface area contributed by atoms with Crippen LogP contribution in [0.4, 0.5) is 5.69 Å². The zero-order chi connectivity index (χ0) is 21.7. The molecular weight excluding hydrogens is 402 g/mol. The average Bonchev–Trinajstić information content (AvgIpc) is 3.22. The molecule has 0 aliphatic carbocycles. The third-order valence-electron chi connectivity index (χ3n) is 5.08. The summed E-state index contributed by atoms with van der Waals surface area (Å²) in [5.41, 5.74) is 1.76. The van der Waals surface area contributed by atoms with Gasteiger partial charge in [0.1, 0.15) is 6.04 Å². The molecule has 0 radical (unpaired) electrons. The molecule has 1 saturated heterocycles. The van der Waals surface area contributed by atoms with Crippen LogP contribution >= 0.6 is 0 Å². The van der Waals surface area contributed by atoms with Crippen molar-refractivity contribution in [3.8, 4) is 0 Å². The summed E-state index contributed by atoms with van der Waals surface area (Å²) in [6.07, 6.45) is 2.27. The minimum absolute atomic E-state index is 0.120. The Balaban J connectivity index is 1.69. The van der Waals surface area contributed by atoms with Crippen molar-refractivity contribution in [2.45, 2.75) is 44.0 Å². The van der Waals surface area contributed by atoms with Gasteiger partial charge in [-0.15, -0.1) is 0 Å². The lowest BCUT2D eigenvalue weighted by atomic mass is 10.1. The molecule has 2 aromatic carbocycles. The van der Waals surface area contributed by atoms with Crippen molar-refractivity contribution in [3.63, 3.8) is 0 Å². The Kier molecular flexibility index (Phi) is 6.77. The molecule has 0 aromatic heterocycles. The fraction of sp³-hybridized carbons (Fsp3) is 0.364. The number of hydrogen-bond donors (Lipinski definition) is 2. The molecule has 1 atom stereocenters. The highest BCUT2D eigenvalue weighted by Crippen LogP contribution is 2.22. The summed E-state index contributed by atoms with van der Waals surface area (Å²) in [5.74, 6) is -0.345. The van der Waals surface area contributed by atoms with E-state index in [1.165, 1.54) is 0 Å². The predicted octanol–water partition coefficient (Wildman–Crippen LogP) is 2.93. The number of anilines is 1. The first-order valence-electron chi connectivity index (χ1n) is 10.1. The first kappa shape index (κ1) is 21.8. The monoisotopic (exact) mass is 429 g/mol. The van der Waals surface area contributed by atoms with E-state index in [1.807, 2.05) is 13.8 Å². The van der Waals surface area contributed by atoms with Crippen LogP contribution in [0.1, 0.15) is 42.1 Å². The Morgan fingerprint density at radius 1 is 1.07 bits per heavy atom. The lowest BCUT2D eigenvalue weighted by molar-refractivity contribution is -0.124. The summed E-state index contributed by atoms with van der Waals surface area (Å²) in [5, 5.41) is 2.85. The van der Waals surface area contributed by atoms with Crippen molar-refractivity contribution < 1.29 is 18.0 Å². The molecule has 0 unspecified atom stereocenters. The first-order chi connectivity index (χ1) is 14.3. The highest BCUT2D eigenvalue weighted by Gasteiger charge is 2.34. The second-order valence-electron chi connectivity index (χ2n) is 7.44. The standard InChI is InChI=1S/C22H27N3O4S/c1-3-14-23-21(26)20-5-4-15-25(20)22(27)17-8-10-18(11-9-17)24-30(28,29)19-12-6-16(2)7-13-19/h6-13,20,24H,3-5,14-15H2,1-2H3,(H,23,26)/t20-/m1/s1. The van der Waals surface area contributed by atoms with E-state index >= 15 is 0 Å². The molecule has 2 amide bonds. The highest BCUT2D eigenvalue weighted by atomic mass is 32.2. The molecule has 30 heavy (non-hydrogen) atoms. The minimum Gasteiger partial charge on any atom is -0.354 e. The number of amides is 2. The Bertz CT molecular complexity index is 1000. The van der Waals surface area contributed by atoms with Gasteiger partial charge in [0.05, 0.1) is 4.90 Å². The van der Waals surface area contributed by atoms with Crippen LogP contribution < -0.4 is 10.0 Å². The van der Waals surface area contributed by atoms with Crippen LogP contribution in [0.25, 0.3) is 0 Å². The number of likely N-dealkylation sites (tertiary alicyclic amines) is 1. The zero-order valence-electron chi connectivity index (χ0n) is 17.2. The molecule has 1 aliphatic rings. The molecule has 7 nitrogen and oxygen atoms in total. The van der Waals surface area contributed by atoms with Crippen molar-refractivity contribution in [3.05, 3.63) is 59.7 Å². The van der Waals surface area contributed by atoms with Crippen molar-refractivity contribution in [1.29, 1.82) is 0 Å². The zero-order valence-corrected chi connectivity index (χ0v) is 18.0. The van der Waals surface area contributed by atoms with Crippen LogP contribution in [0.2, 0.25) is 0 Å². The van der Waals surface area contributed by atoms with Gasteiger partial charge in [-0.1, -0.05) is 24.6 Å². The predicted molar refractivity (Wildman–Crippen MR) is 116 cm³/mol. The van der Waals surface area contributed by atoms with Gasteiger partial charge in [-0.05, 0) is 62.6 Å². The van der Waals surface area contributed by atoms with Gasteiger partial charge in [-0.2, -0.15) is 0 Å². The molecule has 1 aliphatic heterocycles. The molecule has 2 aromatic rings. The molecule has 2 N–H and O–H groups in total. The van der Waals surface area contributed by atoms with Gasteiger partial charge in [0.2, 0.25) is 5.91 Å². The van der Waals surface area contributed by atoms with E-state index in [4.69, 9.17) is 0 Å². The lowest BCUT2D eigenvalue weighted by Gasteiger charge is -2.24. The lowest BCUT2D eigenvalue weighted by Crippen LogP contribution is -2.46. The van der Waals surface area contributed by atoms with E-state index in [0.29, 0.717) is 30.8 Å². The maximum atomic E-state index is 12.9. The maximum Gasteiger partial charge on any atom is 0.261 e. The fourth-order valence-corrected chi connectivity index (χ4v) is 4.49. The third-order valence-corrected chi connectivity index (χ3v) is 6.48. The second-order valence-corrected chi connectivity index (χ2v) is 9.13. The van der Waals surface area contributed by atoms with E-state index in [2.05, 4.69) is 10.0 Å². The van der Waals surface area contributed by atoms with Crippen molar-refractivity contribution in [2.75, 3.05) is 17.8 Å². The van der Waals surface area contributed by atoms with E-state index in [0.717, 1.165) is 18.4 Å². The maximum absolute atomic E-state index is 12.9. The first-order valence-corrected chi connectivity index (χ1v) is 11.6. The number of nitrogens with zero attached hydrogens (tertiary/aromatic N) is 1. The number of carbonyl (C=O) groups excluding carboxylic acids is 2. The highest BCUT2D eigenvalue weighted by molar-refractivity contribution is 7.92. The molecule has 160 valence electrons. The van der Waals surface area contributed by atoms with E-state index in [-0.39, 0.29) is 16.7 Å². The van der Waals surface area contributed by atoms with Crippen LogP contribution in [0, 0.1) is 6.92 Å². The fourth-order valence-electron chi connectivity index (χ4n) is 3.43. The van der Waals surface area contributed by atoms with Crippen LogP contribution in [0.5, 0.6) is 0 Å². The van der Waals surface area contributed by atoms with Crippen molar-refractivity contribution in [2.24, 2.45) is 0 Å². The molecule has 0 bridgehead atoms. The van der Waals surface area contributed by atoms with E-state index in [1.54, 1.807) is 53.4 Å². The molecule has 1 heterocycles. The summed E-state index contributed by atoms with van der Waals surface area (Å²) in [4.78, 5) is 27.0. The normalized spacial score (nSPS) is 16.3. The van der Waals surface area contributed by atoms with Gasteiger partial charge < -0.3 is 10.2 Å². The van der Waals surface area contributed by atoms with Crippen molar-refractivity contribution in [1.82, 2.24) is 10.2 Å². The average molecular weight is 430 g/mol. The second kappa shape index (κ2) is 9.30. The number of benzene rings is 2. The summed E-state index contributed by atoms with van der Waals surface area (Å²) in [6, 6.07) is 12.4. The smallest absolute Gasteiger partial charge is 0.261 e. The molecule has 0 saturated carbocycles. The number of rotatable bonds is 7. The Morgan fingerprint density at radius 3 is 2.37 bits per heavy atom. The number of hydrogen-bond acceptors (Lipinski definition) is 4. The largest absolute Gasteiger partial charge is 0.354 e. The number of nitrogens with one attached hydrogen (secondary N) is 2. The molecule has 1 fully saturated rings. The molecular formula is C22H27N3O4S. The minimum atomic E-state index is -3.71. The topological polar surface area (TPSA) is 95.6 Å². The Hall–Kier alpha value is -2.87. The summed E-state index contributed by atoms with van der Waals surface area (Å²) in [6.45, 7) is 4.99. The number of aryl methyl sites for hydroxylation is 1. The Labute approximate surface area is 177 Å². The van der Waals surface area contributed by atoms with E-state index in [9.17, 15) is 18.0 Å². The summed E-state index contributed by atoms with van der Waals surface area (Å²) >= 11 is 0. The summed E-state index contributed by atoms with van der Waals surface area (Å²) in [7, 11) is -3.71. The van der Waals surface area contributed by atoms with Gasteiger partial charge in [0.25, 0.3) is 15.9 Å². The number of sulfonamides is 1. The Morgan fingerprint density at radius 2 is 1.73 bits per heavy atom. The van der Waals surface area contributed by atoms with Crippen LogP contribution in [-0.2, 0) is 14.8 Å². The molecule has 3 rings (SSSR count). The third kappa shape index (κ3) is 4.99. The van der Waals surface area contributed by atoms with Gasteiger partial charge in [-0.3, -0.25) is 14.3 Å². The quantitative estimate of drug-likeness (QED) is 0.707. The van der Waals surface area contributed by atoms with Crippen LogP contribution in [0.3, 0.4) is 0 Å². The van der Waals surface area contributed by atoms with Gasteiger partial charge >= 0.3 is 0 Å². The molecule has 8 heteroatoms. The van der Waals surface area contributed by atoms with E-state index < -0.39 is 16.1 Å². The van der Waals surface area contributed by atoms with Crippen LogP contribution in [-0.4, -0.2) is 44.3 Å². The van der Waals surface area contributed by atoms with Crippen molar-refractivity contribution >= 4 is 27.5 Å². The SMILES string of the molecule is CCCNC(=O)[C@H]1CCCN1C(=O)c1ccc(NS(=O)(=O)c2ccc(C)cc2)cc1. The van der Waals surface area contributed by atoms with Gasteiger partial charge in [-0.25, -0.2) is 8.42 Å². The van der Waals surface area contributed by atoms with Gasteiger partial charge in [0.15, 0.2) is 0 Å². The van der Waals surface area contributed by atoms with Gasteiger partial charge in [0, 0.05) is 24.3 Å². The van der Waals surface area contributed by atoms with Crippen LogP contribution in [0.15, 0.2) is 53.4 Å². The summed E-state index contributed by atoms with van der Waals surface area (Å²) < 4.78 is 27.6.